The molecule has 0 aliphatic carbocycles. The Labute approximate surface area is 497 Å². The van der Waals surface area contributed by atoms with Gasteiger partial charge in [-0.05, 0) is 145 Å². The van der Waals surface area contributed by atoms with E-state index >= 15 is 0 Å². The Morgan fingerprint density at radius 1 is 0.250 bits per heavy atom. The van der Waals surface area contributed by atoms with Crippen LogP contribution in [0.15, 0.2) is 255 Å². The maximum atomic E-state index is 14.8. The summed E-state index contributed by atoms with van der Waals surface area (Å²) in [4.78, 5) is 0. The quantitative estimate of drug-likeness (QED) is 0.149. The van der Waals surface area contributed by atoms with Gasteiger partial charge < -0.3 is 18.3 Å². The first-order valence-corrected chi connectivity index (χ1v) is 28.4. The maximum absolute atomic E-state index is 14.8. The molecule has 418 valence electrons. The summed E-state index contributed by atoms with van der Waals surface area (Å²) < 4.78 is 97.3. The van der Waals surface area contributed by atoms with Crippen molar-refractivity contribution in [2.75, 3.05) is 0 Å². The number of hydrogen-bond acceptors (Lipinski definition) is 2. The van der Waals surface area contributed by atoms with Crippen LogP contribution in [0.2, 0.25) is 0 Å². The fourth-order valence-corrected chi connectivity index (χ4v) is 13.5. The molecular weight excluding hydrogens is 1110 g/mol. The molecule has 16 rings (SSSR count). The minimum atomic E-state index is -4.63. The number of fused-ring (bicyclic) bond motifs is 12. The molecule has 0 unspecified atom stereocenters. The number of nitrogens with zero attached hydrogens (tertiary/aromatic N) is 6. The Bertz CT molecular complexity index is 5260. The zero-order chi connectivity index (χ0) is 59.7. The van der Waals surface area contributed by atoms with Crippen LogP contribution in [0.25, 0.3) is 143 Å². The zero-order valence-electron chi connectivity index (χ0n) is 46.2. The molecule has 12 aromatic carbocycles. The summed E-state index contributed by atoms with van der Waals surface area (Å²) in [5.41, 5.74) is 11.1. The van der Waals surface area contributed by atoms with Crippen LogP contribution in [0.5, 0.6) is 0 Å². The van der Waals surface area contributed by atoms with E-state index in [0.717, 1.165) is 99.4 Å². The summed E-state index contributed by atoms with van der Waals surface area (Å²) in [5.74, 6) is 0. The average molecular weight is 1150 g/mol. The molecule has 0 fully saturated rings. The van der Waals surface area contributed by atoms with Gasteiger partial charge in [-0.3, -0.25) is 0 Å². The average Bonchev–Trinajstić information content (AvgIpc) is 1.67. The largest absolute Gasteiger partial charge is 0.416 e. The highest BCUT2D eigenvalue weighted by molar-refractivity contribution is 6.15. The van der Waals surface area contributed by atoms with Crippen LogP contribution >= 0.6 is 0 Å². The van der Waals surface area contributed by atoms with Crippen molar-refractivity contribution < 1.29 is 26.3 Å². The lowest BCUT2D eigenvalue weighted by Crippen LogP contribution is -2.07. The second-order valence-electron chi connectivity index (χ2n) is 22.1. The van der Waals surface area contributed by atoms with Gasteiger partial charge in [0.15, 0.2) is 0 Å². The fourth-order valence-electron chi connectivity index (χ4n) is 13.5. The SMILES string of the molecule is N#Cc1ccc(-n2c3ccccc3c3cc(-c4cc(C(F)(F)F)ccc4-n4c5ccccc5c5ccccc54)ccc32)c(-c2cc(C#N)ccc2-n2c3ccccc3c3cc(-c4cc(C(F)(F)F)ccc4-n4c5ccccc5c5ccccc54)ccc32)c1. The monoisotopic (exact) mass is 1150 g/mol. The lowest BCUT2D eigenvalue weighted by molar-refractivity contribution is -0.138. The Morgan fingerprint density at radius 3 is 0.807 bits per heavy atom. The molecule has 0 aliphatic heterocycles. The van der Waals surface area contributed by atoms with Gasteiger partial charge in [0.05, 0.1) is 101 Å². The molecule has 0 N–H and O–H groups in total. The van der Waals surface area contributed by atoms with Crippen LogP contribution in [-0.4, -0.2) is 18.3 Å². The molecule has 0 atom stereocenters. The molecule has 88 heavy (non-hydrogen) atoms. The van der Waals surface area contributed by atoms with E-state index in [4.69, 9.17) is 0 Å². The van der Waals surface area contributed by atoms with Crippen molar-refractivity contribution >= 4 is 87.2 Å². The molecule has 12 heteroatoms. The Morgan fingerprint density at radius 2 is 0.511 bits per heavy atom. The predicted molar refractivity (Wildman–Crippen MR) is 340 cm³/mol. The predicted octanol–water partition coefficient (Wildman–Crippen LogP) is 20.9. The molecule has 0 spiro atoms. The third-order valence-corrected chi connectivity index (χ3v) is 17.3. The Balaban J connectivity index is 0.902. The molecule has 0 amide bonds. The molecule has 0 bridgehead atoms. The van der Waals surface area contributed by atoms with Gasteiger partial charge in [-0.15, -0.1) is 0 Å². The van der Waals surface area contributed by atoms with Crippen molar-refractivity contribution in [2.24, 2.45) is 0 Å². The van der Waals surface area contributed by atoms with Crippen molar-refractivity contribution in [3.8, 4) is 68.3 Å². The van der Waals surface area contributed by atoms with Gasteiger partial charge in [0.1, 0.15) is 0 Å². The molecule has 6 nitrogen and oxygen atoms in total. The summed E-state index contributed by atoms with van der Waals surface area (Å²) in [6.45, 7) is 0. The third-order valence-electron chi connectivity index (χ3n) is 17.3. The molecule has 0 saturated heterocycles. The number of para-hydroxylation sites is 6. The summed E-state index contributed by atoms with van der Waals surface area (Å²) in [6.07, 6.45) is -9.26. The highest BCUT2D eigenvalue weighted by atomic mass is 19.4. The van der Waals surface area contributed by atoms with Gasteiger partial charge in [-0.25, -0.2) is 0 Å². The van der Waals surface area contributed by atoms with Gasteiger partial charge >= 0.3 is 12.4 Å². The highest BCUT2D eigenvalue weighted by Crippen LogP contribution is 2.47. The van der Waals surface area contributed by atoms with Crippen molar-refractivity contribution in [2.45, 2.75) is 12.4 Å². The van der Waals surface area contributed by atoms with Gasteiger partial charge in [-0.2, -0.15) is 36.9 Å². The lowest BCUT2D eigenvalue weighted by atomic mass is 9.96. The number of aromatic nitrogens is 4. The van der Waals surface area contributed by atoms with Gasteiger partial charge in [0.25, 0.3) is 0 Å². The fraction of sp³-hybridized carbons (Fsp3) is 0.0263. The topological polar surface area (TPSA) is 67.3 Å². The van der Waals surface area contributed by atoms with Gasteiger partial charge in [0.2, 0.25) is 0 Å². The first kappa shape index (κ1) is 52.0. The molecule has 0 saturated carbocycles. The van der Waals surface area contributed by atoms with E-state index in [-0.39, 0.29) is 0 Å². The normalized spacial score (nSPS) is 12.2. The summed E-state index contributed by atoms with van der Waals surface area (Å²) >= 11 is 0. The minimum Gasteiger partial charge on any atom is -0.309 e. The second kappa shape index (κ2) is 19.5. The van der Waals surface area contributed by atoms with Crippen LogP contribution in [0, 0.1) is 22.7 Å². The molecule has 16 aromatic rings. The molecular formula is C76H42F6N6. The number of hydrogen-bond donors (Lipinski definition) is 0. The van der Waals surface area contributed by atoms with E-state index in [0.29, 0.717) is 67.3 Å². The molecule has 0 radical (unpaired) electrons. The van der Waals surface area contributed by atoms with Crippen molar-refractivity contribution in [3.63, 3.8) is 0 Å². The maximum Gasteiger partial charge on any atom is 0.416 e. The van der Waals surface area contributed by atoms with Crippen LogP contribution in [-0.2, 0) is 12.4 Å². The van der Waals surface area contributed by atoms with Crippen LogP contribution in [0.1, 0.15) is 22.3 Å². The van der Waals surface area contributed by atoms with E-state index in [2.05, 4.69) is 21.3 Å². The summed E-state index contributed by atoms with van der Waals surface area (Å²) in [5, 5.41) is 28.3. The molecule has 0 aliphatic rings. The third kappa shape index (κ3) is 7.96. The van der Waals surface area contributed by atoms with E-state index in [1.807, 2.05) is 203 Å². The number of rotatable bonds is 7. The first-order chi connectivity index (χ1) is 42.8. The standard InChI is InChI=1S/C76H42F6N6/c77-75(78,79)49-29-35-69(85-63-19-7-1-13-51(63)52-14-2-8-20-64(52)85)57(41-49)47-27-33-73-61(39-47)55-17-5-11-23-67(55)87(73)71-31-25-45(43-83)37-59(71)60-38-46(44-84)26-32-72(60)88-68-24-12-6-18-56(68)62-40-48(28-34-74(62)88)58-42-50(76(80,81)82)30-36-70(58)86-65-21-9-3-15-53(65)54-16-4-10-22-66(54)86/h1-42H. The van der Waals surface area contributed by atoms with Crippen molar-refractivity contribution in [3.05, 3.63) is 277 Å². The summed E-state index contributed by atoms with van der Waals surface area (Å²) in [6, 6.07) is 82.0. The first-order valence-electron chi connectivity index (χ1n) is 28.4. The minimum absolute atomic E-state index is 0.351. The smallest absolute Gasteiger partial charge is 0.309 e. The summed E-state index contributed by atoms with van der Waals surface area (Å²) in [7, 11) is 0. The van der Waals surface area contributed by atoms with Gasteiger partial charge in [-0.1, -0.05) is 121 Å². The number of halogens is 6. The van der Waals surface area contributed by atoms with E-state index in [1.165, 1.54) is 12.1 Å². The van der Waals surface area contributed by atoms with Crippen molar-refractivity contribution in [1.82, 2.24) is 18.3 Å². The second-order valence-corrected chi connectivity index (χ2v) is 22.1. The highest BCUT2D eigenvalue weighted by Gasteiger charge is 2.34. The number of alkyl halides is 6. The van der Waals surface area contributed by atoms with Crippen LogP contribution in [0.3, 0.4) is 0 Å². The van der Waals surface area contributed by atoms with Crippen molar-refractivity contribution in [1.29, 1.82) is 10.5 Å². The number of nitriles is 2. The Kier molecular flexibility index (Phi) is 11.5. The van der Waals surface area contributed by atoms with Gasteiger partial charge in [0, 0.05) is 65.3 Å². The number of benzene rings is 12. The molecule has 4 aromatic heterocycles. The Hall–Kier alpha value is -11.6. The zero-order valence-corrected chi connectivity index (χ0v) is 46.2. The lowest BCUT2D eigenvalue weighted by Gasteiger charge is -2.20. The van der Waals surface area contributed by atoms with E-state index < -0.39 is 23.5 Å². The van der Waals surface area contributed by atoms with E-state index in [1.54, 1.807) is 36.4 Å². The van der Waals surface area contributed by atoms with Crippen LogP contribution in [0.4, 0.5) is 26.3 Å². The molecule has 4 heterocycles. The van der Waals surface area contributed by atoms with E-state index in [9.17, 15) is 36.9 Å². The van der Waals surface area contributed by atoms with Crippen LogP contribution < -0.4 is 0 Å².